The van der Waals surface area contributed by atoms with Crippen LogP contribution in [0.1, 0.15) is 6.42 Å². The van der Waals surface area contributed by atoms with Crippen molar-refractivity contribution in [2.24, 2.45) is 0 Å². The number of anilines is 1. The molecule has 7 nitrogen and oxygen atoms in total. The molecule has 1 aromatic heterocycles. The number of imidazole rings is 1. The average molecular weight is 320 g/mol. The monoisotopic (exact) mass is 320 g/mol. The summed E-state index contributed by atoms with van der Waals surface area (Å²) < 4.78 is 26.4. The van der Waals surface area contributed by atoms with Crippen LogP contribution in [0.2, 0.25) is 0 Å². The molecule has 1 aliphatic heterocycles. The van der Waals surface area contributed by atoms with Crippen LogP contribution in [0.4, 0.5) is 5.69 Å². The average Bonchev–Trinajstić information content (AvgIpc) is 3.10. The fourth-order valence-corrected chi connectivity index (χ4v) is 3.83. The Labute approximate surface area is 128 Å². The van der Waals surface area contributed by atoms with Crippen LogP contribution in [0.25, 0.3) is 5.69 Å². The molecule has 0 radical (unpaired) electrons. The number of nitrogens with zero attached hydrogens (tertiary/aromatic N) is 3. The van der Waals surface area contributed by atoms with E-state index in [0.29, 0.717) is 18.7 Å². The number of carbonyl (C=O) groups excluding carboxylic acids is 1. The van der Waals surface area contributed by atoms with Gasteiger partial charge < -0.3 is 9.88 Å². The van der Waals surface area contributed by atoms with E-state index in [9.17, 15) is 13.2 Å². The molecule has 1 N–H and O–H groups in total. The van der Waals surface area contributed by atoms with Gasteiger partial charge in [-0.15, -0.1) is 0 Å². The fraction of sp³-hybridized carbons (Fsp3) is 0.286. The molecule has 0 saturated carbocycles. The number of aromatic nitrogens is 2. The number of sulfonamides is 1. The Bertz CT molecular complexity index is 754. The molecule has 1 saturated heterocycles. The summed E-state index contributed by atoms with van der Waals surface area (Å²) in [5, 5.41) is 2.71. The summed E-state index contributed by atoms with van der Waals surface area (Å²) in [7, 11) is -3.25. The molecule has 0 bridgehead atoms. The highest BCUT2D eigenvalue weighted by Crippen LogP contribution is 2.15. The van der Waals surface area contributed by atoms with E-state index in [1.165, 1.54) is 4.31 Å². The van der Waals surface area contributed by atoms with Gasteiger partial charge in [-0.3, -0.25) is 4.79 Å². The van der Waals surface area contributed by atoms with Crippen molar-refractivity contribution in [2.75, 3.05) is 24.2 Å². The number of hydrogen-bond donors (Lipinski definition) is 1. The minimum Gasteiger partial charge on any atom is -0.325 e. The van der Waals surface area contributed by atoms with Crippen LogP contribution in [0.15, 0.2) is 43.0 Å². The number of carbonyl (C=O) groups is 1. The van der Waals surface area contributed by atoms with E-state index >= 15 is 0 Å². The number of hydrogen-bond acceptors (Lipinski definition) is 4. The van der Waals surface area contributed by atoms with Crippen LogP contribution >= 0.6 is 0 Å². The highest BCUT2D eigenvalue weighted by atomic mass is 32.2. The lowest BCUT2D eigenvalue weighted by Gasteiger charge is -2.14. The fourth-order valence-electron chi connectivity index (χ4n) is 2.36. The number of amides is 1. The molecular weight excluding hydrogens is 304 g/mol. The zero-order valence-electron chi connectivity index (χ0n) is 11.8. The summed E-state index contributed by atoms with van der Waals surface area (Å²) in [5.41, 5.74) is 1.56. The summed E-state index contributed by atoms with van der Waals surface area (Å²) >= 11 is 0. The lowest BCUT2D eigenvalue weighted by atomic mass is 10.2. The first kappa shape index (κ1) is 14.7. The number of nitrogens with one attached hydrogen (secondary N) is 1. The molecule has 0 atom stereocenters. The van der Waals surface area contributed by atoms with Crippen LogP contribution in [0, 0.1) is 0 Å². The number of rotatable bonds is 4. The molecule has 2 aromatic rings. The third-order valence-corrected chi connectivity index (χ3v) is 5.38. The van der Waals surface area contributed by atoms with Gasteiger partial charge in [-0.1, -0.05) is 0 Å². The predicted molar refractivity (Wildman–Crippen MR) is 82.2 cm³/mol. The van der Waals surface area contributed by atoms with Crippen molar-refractivity contribution in [1.82, 2.24) is 13.9 Å². The second-order valence-electron chi connectivity index (χ2n) is 5.07. The molecular formula is C14H16N4O3S. The topological polar surface area (TPSA) is 84.3 Å². The largest absolute Gasteiger partial charge is 0.325 e. The van der Waals surface area contributed by atoms with Crippen molar-refractivity contribution < 1.29 is 13.2 Å². The molecule has 1 fully saturated rings. The predicted octanol–water partition coefficient (Wildman–Crippen LogP) is 0.846. The smallest absolute Gasteiger partial charge is 0.239 e. The van der Waals surface area contributed by atoms with Gasteiger partial charge in [-0.25, -0.2) is 13.4 Å². The van der Waals surface area contributed by atoms with Crippen molar-refractivity contribution in [3.8, 4) is 5.69 Å². The minimum atomic E-state index is -3.25. The maximum atomic E-state index is 11.9. The molecule has 1 aromatic carbocycles. The molecule has 0 spiro atoms. The third-order valence-electron chi connectivity index (χ3n) is 3.48. The molecule has 3 rings (SSSR count). The van der Waals surface area contributed by atoms with E-state index in [-0.39, 0.29) is 18.2 Å². The van der Waals surface area contributed by atoms with Crippen molar-refractivity contribution in [1.29, 1.82) is 0 Å². The molecule has 0 unspecified atom stereocenters. The Kier molecular flexibility index (Phi) is 3.95. The van der Waals surface area contributed by atoms with Crippen molar-refractivity contribution in [3.05, 3.63) is 43.0 Å². The van der Waals surface area contributed by atoms with Gasteiger partial charge in [0.05, 0.1) is 18.6 Å². The Hall–Kier alpha value is -2.19. The van der Waals surface area contributed by atoms with Crippen molar-refractivity contribution in [3.63, 3.8) is 0 Å². The van der Waals surface area contributed by atoms with Gasteiger partial charge in [-0.05, 0) is 30.7 Å². The summed E-state index contributed by atoms with van der Waals surface area (Å²) in [6.45, 7) is 0.279. The van der Waals surface area contributed by atoms with Crippen LogP contribution in [0.5, 0.6) is 0 Å². The van der Waals surface area contributed by atoms with Gasteiger partial charge in [0.1, 0.15) is 0 Å². The lowest BCUT2D eigenvalue weighted by Crippen LogP contribution is -2.34. The summed E-state index contributed by atoms with van der Waals surface area (Å²) in [6.07, 6.45) is 5.78. The first-order chi connectivity index (χ1) is 10.5. The SMILES string of the molecule is O=C(CN1CCCS1(=O)=O)Nc1ccc(-n2ccnc2)cc1. The second-order valence-corrected chi connectivity index (χ2v) is 7.16. The van der Waals surface area contributed by atoms with Gasteiger partial charge >= 0.3 is 0 Å². The zero-order valence-corrected chi connectivity index (χ0v) is 12.7. The van der Waals surface area contributed by atoms with E-state index in [2.05, 4.69) is 10.3 Å². The molecule has 1 amide bonds. The van der Waals surface area contributed by atoms with Crippen molar-refractivity contribution in [2.45, 2.75) is 6.42 Å². The lowest BCUT2D eigenvalue weighted by molar-refractivity contribution is -0.116. The van der Waals surface area contributed by atoms with Gasteiger partial charge in [0, 0.05) is 30.3 Å². The summed E-state index contributed by atoms with van der Waals surface area (Å²) in [5.74, 6) is -0.208. The standard InChI is InChI=1S/C14H16N4O3S/c19-14(10-18-7-1-9-22(18,20)21)16-12-2-4-13(5-3-12)17-8-6-15-11-17/h2-6,8,11H,1,7,9-10H2,(H,16,19). The Balaban J connectivity index is 1.62. The first-order valence-corrected chi connectivity index (χ1v) is 8.51. The zero-order chi connectivity index (χ0) is 15.6. The molecule has 2 heterocycles. The molecule has 1 aliphatic rings. The van der Waals surface area contributed by atoms with Crippen LogP contribution in [-0.4, -0.2) is 47.0 Å². The molecule has 116 valence electrons. The Morgan fingerprint density at radius 1 is 1.27 bits per heavy atom. The van der Waals surface area contributed by atoms with Gasteiger partial charge in [0.15, 0.2) is 0 Å². The third kappa shape index (κ3) is 3.18. The molecule has 0 aliphatic carbocycles. The highest BCUT2D eigenvalue weighted by molar-refractivity contribution is 7.89. The molecule has 22 heavy (non-hydrogen) atoms. The van der Waals surface area contributed by atoms with E-state index in [1.807, 2.05) is 22.9 Å². The number of benzene rings is 1. The van der Waals surface area contributed by atoms with Crippen molar-refractivity contribution >= 4 is 21.6 Å². The normalized spacial score (nSPS) is 17.5. The van der Waals surface area contributed by atoms with Gasteiger partial charge in [-0.2, -0.15) is 4.31 Å². The van der Waals surface area contributed by atoms with Crippen LogP contribution in [-0.2, 0) is 14.8 Å². The molecule has 8 heteroatoms. The minimum absolute atomic E-state index is 0.125. The van der Waals surface area contributed by atoms with E-state index in [4.69, 9.17) is 0 Å². The second kappa shape index (κ2) is 5.90. The van der Waals surface area contributed by atoms with Gasteiger partial charge in [0.25, 0.3) is 0 Å². The summed E-state index contributed by atoms with van der Waals surface area (Å²) in [4.78, 5) is 15.9. The van der Waals surface area contributed by atoms with Gasteiger partial charge in [0.2, 0.25) is 15.9 Å². The highest BCUT2D eigenvalue weighted by Gasteiger charge is 2.29. The van der Waals surface area contributed by atoms with E-state index in [0.717, 1.165) is 5.69 Å². The maximum absolute atomic E-state index is 11.9. The Morgan fingerprint density at radius 3 is 2.64 bits per heavy atom. The van der Waals surface area contributed by atoms with E-state index in [1.54, 1.807) is 24.7 Å². The van der Waals surface area contributed by atoms with Crippen LogP contribution in [0.3, 0.4) is 0 Å². The van der Waals surface area contributed by atoms with E-state index < -0.39 is 10.0 Å². The quantitative estimate of drug-likeness (QED) is 0.905. The summed E-state index contributed by atoms with van der Waals surface area (Å²) in [6, 6.07) is 7.24. The van der Waals surface area contributed by atoms with Crippen LogP contribution < -0.4 is 5.32 Å². The maximum Gasteiger partial charge on any atom is 0.239 e. The first-order valence-electron chi connectivity index (χ1n) is 6.91. The Morgan fingerprint density at radius 2 is 2.05 bits per heavy atom.